The third-order valence-electron chi connectivity index (χ3n) is 2.93. The van der Waals surface area contributed by atoms with Gasteiger partial charge in [-0.15, -0.1) is 11.3 Å². The van der Waals surface area contributed by atoms with Gasteiger partial charge in [0.05, 0.1) is 12.0 Å². The van der Waals surface area contributed by atoms with E-state index in [4.69, 9.17) is 4.74 Å². The predicted molar refractivity (Wildman–Crippen MR) is 77.9 cm³/mol. The van der Waals surface area contributed by atoms with E-state index >= 15 is 0 Å². The molecule has 3 rings (SSSR count). The molecule has 0 aliphatic carbocycles. The largest absolute Gasteiger partial charge is 0.356 e. The van der Waals surface area contributed by atoms with Crippen molar-refractivity contribution >= 4 is 21.6 Å². The van der Waals surface area contributed by atoms with Crippen LogP contribution in [0.2, 0.25) is 0 Å². The molecule has 2 aromatic heterocycles. The Morgan fingerprint density at radius 3 is 2.75 bits per heavy atom. The molecule has 6 heteroatoms. The summed E-state index contributed by atoms with van der Waals surface area (Å²) in [6, 6.07) is 11.4. The lowest BCUT2D eigenvalue weighted by Crippen LogP contribution is -2.30. The molecule has 0 radical (unpaired) electrons. The molecule has 5 nitrogen and oxygen atoms in total. The number of aromatic amines is 1. The summed E-state index contributed by atoms with van der Waals surface area (Å²) in [5.41, 5.74) is 0.232. The van der Waals surface area contributed by atoms with Crippen LogP contribution in [0.1, 0.15) is 5.56 Å². The van der Waals surface area contributed by atoms with E-state index in [1.54, 1.807) is 11.4 Å². The number of H-pyrrole nitrogens is 1. The maximum Gasteiger partial charge on any atom is 0.331 e. The zero-order valence-electron chi connectivity index (χ0n) is 10.5. The van der Waals surface area contributed by atoms with Crippen LogP contribution in [0.3, 0.4) is 0 Å². The van der Waals surface area contributed by atoms with Gasteiger partial charge >= 0.3 is 5.69 Å². The highest BCUT2D eigenvalue weighted by atomic mass is 32.1. The van der Waals surface area contributed by atoms with E-state index in [1.807, 2.05) is 30.3 Å². The molecule has 1 N–H and O–H groups in total. The fraction of sp³-hybridized carbons (Fsp3) is 0.143. The number of hydrogen-bond donors (Lipinski definition) is 1. The van der Waals surface area contributed by atoms with Crippen molar-refractivity contribution < 1.29 is 4.74 Å². The van der Waals surface area contributed by atoms with Crippen LogP contribution in [0, 0.1) is 0 Å². The molecule has 0 saturated heterocycles. The van der Waals surface area contributed by atoms with Gasteiger partial charge in [0.2, 0.25) is 0 Å². The van der Waals surface area contributed by atoms with Gasteiger partial charge < -0.3 is 4.74 Å². The Hall–Kier alpha value is -2.18. The second kappa shape index (κ2) is 5.44. The topological polar surface area (TPSA) is 64.1 Å². The van der Waals surface area contributed by atoms with Crippen molar-refractivity contribution in [3.8, 4) is 0 Å². The smallest absolute Gasteiger partial charge is 0.331 e. The fourth-order valence-corrected chi connectivity index (χ4v) is 2.84. The first-order valence-electron chi connectivity index (χ1n) is 6.08. The number of benzene rings is 1. The summed E-state index contributed by atoms with van der Waals surface area (Å²) in [5.74, 6) is 0. The van der Waals surface area contributed by atoms with E-state index in [1.165, 1.54) is 15.9 Å². The van der Waals surface area contributed by atoms with Gasteiger partial charge in [-0.3, -0.25) is 14.3 Å². The lowest BCUT2D eigenvalue weighted by atomic mass is 10.2. The molecule has 0 amide bonds. The van der Waals surface area contributed by atoms with Crippen LogP contribution in [0.15, 0.2) is 51.4 Å². The Balaban J connectivity index is 1.83. The quantitative estimate of drug-likeness (QED) is 0.797. The van der Waals surface area contributed by atoms with Gasteiger partial charge in [0.25, 0.3) is 5.56 Å². The Morgan fingerprint density at radius 2 is 1.95 bits per heavy atom. The van der Waals surface area contributed by atoms with Gasteiger partial charge in [-0.1, -0.05) is 30.3 Å². The summed E-state index contributed by atoms with van der Waals surface area (Å²) >= 11 is 1.35. The molecular weight excluding hydrogens is 276 g/mol. The molecule has 3 aromatic rings. The molecule has 2 heterocycles. The summed E-state index contributed by atoms with van der Waals surface area (Å²) in [5, 5.41) is 2.30. The highest BCUT2D eigenvalue weighted by Gasteiger charge is 2.08. The Kier molecular flexibility index (Phi) is 3.49. The van der Waals surface area contributed by atoms with E-state index in [-0.39, 0.29) is 12.3 Å². The van der Waals surface area contributed by atoms with E-state index in [2.05, 4.69) is 4.98 Å². The van der Waals surface area contributed by atoms with Gasteiger partial charge in [0.15, 0.2) is 0 Å². The van der Waals surface area contributed by atoms with Crippen molar-refractivity contribution in [3.63, 3.8) is 0 Å². The number of ether oxygens (including phenoxy) is 1. The lowest BCUT2D eigenvalue weighted by molar-refractivity contribution is 0.0641. The normalized spacial score (nSPS) is 11.0. The summed E-state index contributed by atoms with van der Waals surface area (Å²) < 4.78 is 6.99. The van der Waals surface area contributed by atoms with Crippen LogP contribution < -0.4 is 11.2 Å². The molecule has 0 saturated carbocycles. The van der Waals surface area contributed by atoms with Gasteiger partial charge in [-0.2, -0.15) is 0 Å². The maximum atomic E-state index is 11.8. The minimum Gasteiger partial charge on any atom is -0.356 e. The number of thiophene rings is 1. The number of hydrogen-bond acceptors (Lipinski definition) is 4. The van der Waals surface area contributed by atoms with Gasteiger partial charge in [-0.05, 0) is 17.0 Å². The van der Waals surface area contributed by atoms with Crippen LogP contribution in [0.25, 0.3) is 10.2 Å². The van der Waals surface area contributed by atoms with Gasteiger partial charge in [-0.25, -0.2) is 4.79 Å². The van der Waals surface area contributed by atoms with Crippen molar-refractivity contribution in [1.29, 1.82) is 0 Å². The zero-order valence-corrected chi connectivity index (χ0v) is 11.4. The minimum absolute atomic E-state index is 0.113. The fourth-order valence-electron chi connectivity index (χ4n) is 1.95. The third kappa shape index (κ3) is 2.43. The highest BCUT2D eigenvalue weighted by Crippen LogP contribution is 2.15. The minimum atomic E-state index is -0.446. The molecule has 0 aliphatic rings. The van der Waals surface area contributed by atoms with Crippen LogP contribution in [0.4, 0.5) is 0 Å². The lowest BCUT2D eigenvalue weighted by Gasteiger charge is -2.08. The van der Waals surface area contributed by atoms with Gasteiger partial charge in [0, 0.05) is 0 Å². The molecule has 0 aliphatic heterocycles. The molecule has 20 heavy (non-hydrogen) atoms. The first-order chi connectivity index (χ1) is 9.75. The number of aromatic nitrogens is 2. The Bertz CT molecular complexity index is 833. The van der Waals surface area contributed by atoms with Crippen LogP contribution >= 0.6 is 11.3 Å². The molecule has 0 atom stereocenters. The first-order valence-corrected chi connectivity index (χ1v) is 6.95. The maximum absolute atomic E-state index is 11.8. The second-order valence-electron chi connectivity index (χ2n) is 4.29. The van der Waals surface area contributed by atoms with Crippen molar-refractivity contribution in [2.75, 3.05) is 0 Å². The monoisotopic (exact) mass is 288 g/mol. The molecule has 102 valence electrons. The van der Waals surface area contributed by atoms with E-state index in [0.29, 0.717) is 16.8 Å². The number of rotatable bonds is 4. The Labute approximate surface area is 118 Å². The van der Waals surface area contributed by atoms with E-state index < -0.39 is 5.69 Å². The Morgan fingerprint density at radius 1 is 1.15 bits per heavy atom. The zero-order chi connectivity index (χ0) is 13.9. The van der Waals surface area contributed by atoms with E-state index in [9.17, 15) is 9.59 Å². The average molecular weight is 288 g/mol. The summed E-state index contributed by atoms with van der Waals surface area (Å²) in [6.45, 7) is 0.529. The molecule has 1 aromatic carbocycles. The standard InChI is InChI=1S/C14H12N2O3S/c17-12-11-6-7-20-13(11)16(14(18)15-12)9-19-8-10-4-2-1-3-5-10/h1-7H,8-9H2,(H,15,17,18). The molecule has 0 unspecified atom stereocenters. The summed E-state index contributed by atoms with van der Waals surface area (Å²) in [7, 11) is 0. The van der Waals surface area contributed by atoms with Crippen molar-refractivity contribution in [2.45, 2.75) is 13.3 Å². The predicted octanol–water partition coefficient (Wildman–Crippen LogP) is 1.93. The summed E-state index contributed by atoms with van der Waals surface area (Å²) in [4.78, 5) is 26.4. The van der Waals surface area contributed by atoms with Crippen LogP contribution in [-0.2, 0) is 18.1 Å². The number of nitrogens with zero attached hydrogens (tertiary/aromatic N) is 1. The number of nitrogens with one attached hydrogen (secondary N) is 1. The molecule has 0 spiro atoms. The van der Waals surface area contributed by atoms with Crippen molar-refractivity contribution in [3.05, 3.63) is 68.2 Å². The first kappa shape index (κ1) is 12.8. The average Bonchev–Trinajstić information content (AvgIpc) is 2.93. The molecule has 0 fully saturated rings. The van der Waals surface area contributed by atoms with Crippen molar-refractivity contribution in [2.24, 2.45) is 0 Å². The SMILES string of the molecule is O=c1[nH]c(=O)n(COCc2ccccc2)c2sccc12. The van der Waals surface area contributed by atoms with Crippen LogP contribution in [0.5, 0.6) is 0 Å². The van der Waals surface area contributed by atoms with Crippen LogP contribution in [-0.4, -0.2) is 9.55 Å². The molecule has 0 bridgehead atoms. The second-order valence-corrected chi connectivity index (χ2v) is 5.18. The highest BCUT2D eigenvalue weighted by molar-refractivity contribution is 7.16. The van der Waals surface area contributed by atoms with Crippen molar-refractivity contribution in [1.82, 2.24) is 9.55 Å². The molecular formula is C14H12N2O3S. The summed E-state index contributed by atoms with van der Waals surface area (Å²) in [6.07, 6.45) is 0. The van der Waals surface area contributed by atoms with Gasteiger partial charge in [0.1, 0.15) is 11.6 Å². The number of fused-ring (bicyclic) bond motifs is 1. The van der Waals surface area contributed by atoms with E-state index in [0.717, 1.165) is 5.56 Å². The third-order valence-corrected chi connectivity index (χ3v) is 3.87.